The van der Waals surface area contributed by atoms with Crippen LogP contribution in [-0.2, 0) is 16.2 Å². The molecule has 1 aliphatic rings. The molecular formula is C26H24F5NO4S. The van der Waals surface area contributed by atoms with Crippen molar-refractivity contribution in [2.75, 3.05) is 10.8 Å². The lowest BCUT2D eigenvalue weighted by atomic mass is 9.99. The van der Waals surface area contributed by atoms with Crippen LogP contribution in [0.25, 0.3) is 11.1 Å². The molecule has 0 aromatic heterocycles. The summed E-state index contributed by atoms with van der Waals surface area (Å²) < 4.78 is 102. The van der Waals surface area contributed by atoms with Crippen LogP contribution in [0, 0.1) is 11.6 Å². The molecule has 1 aliphatic heterocycles. The van der Waals surface area contributed by atoms with Gasteiger partial charge in [0.1, 0.15) is 23.5 Å². The molecule has 0 aliphatic carbocycles. The number of alkyl halides is 3. The predicted molar refractivity (Wildman–Crippen MR) is 128 cm³/mol. The molecule has 1 heterocycles. The van der Waals surface area contributed by atoms with Crippen LogP contribution in [0.5, 0.6) is 5.75 Å². The number of ether oxygens (including phenoxy) is 1. The molecule has 0 amide bonds. The van der Waals surface area contributed by atoms with Crippen LogP contribution in [-0.4, -0.2) is 31.8 Å². The van der Waals surface area contributed by atoms with Crippen molar-refractivity contribution in [3.63, 3.8) is 0 Å². The van der Waals surface area contributed by atoms with Gasteiger partial charge in [0.05, 0.1) is 28.3 Å². The fourth-order valence-electron chi connectivity index (χ4n) is 4.05. The van der Waals surface area contributed by atoms with Gasteiger partial charge in [0.25, 0.3) is 10.0 Å². The molecule has 198 valence electrons. The van der Waals surface area contributed by atoms with Crippen LogP contribution >= 0.6 is 0 Å². The lowest BCUT2D eigenvalue weighted by Gasteiger charge is -2.36. The molecule has 0 radical (unpaired) electrons. The van der Waals surface area contributed by atoms with Gasteiger partial charge >= 0.3 is 6.18 Å². The van der Waals surface area contributed by atoms with Gasteiger partial charge in [-0.15, -0.1) is 0 Å². The molecule has 1 N–H and O–H groups in total. The molecule has 11 heteroatoms. The van der Waals surface area contributed by atoms with E-state index in [0.29, 0.717) is 6.07 Å². The van der Waals surface area contributed by atoms with Crippen LogP contribution in [0.4, 0.5) is 27.6 Å². The number of rotatable bonds is 6. The highest BCUT2D eigenvalue weighted by atomic mass is 32.2. The molecule has 0 fully saturated rings. The van der Waals surface area contributed by atoms with Gasteiger partial charge in [0, 0.05) is 5.56 Å². The van der Waals surface area contributed by atoms with Crippen LogP contribution in [0.1, 0.15) is 32.3 Å². The third-order valence-corrected chi connectivity index (χ3v) is 7.73. The van der Waals surface area contributed by atoms with E-state index in [1.807, 2.05) is 0 Å². The van der Waals surface area contributed by atoms with Gasteiger partial charge in [-0.25, -0.2) is 17.2 Å². The number of aliphatic hydroxyl groups is 1. The van der Waals surface area contributed by atoms with E-state index in [1.54, 1.807) is 13.8 Å². The fourth-order valence-corrected chi connectivity index (χ4v) is 5.60. The first-order valence-electron chi connectivity index (χ1n) is 11.3. The van der Waals surface area contributed by atoms with Gasteiger partial charge in [-0.3, -0.25) is 4.31 Å². The van der Waals surface area contributed by atoms with Gasteiger partial charge in [-0.1, -0.05) is 12.1 Å². The van der Waals surface area contributed by atoms with Crippen molar-refractivity contribution in [3.05, 3.63) is 77.9 Å². The molecule has 0 saturated carbocycles. The van der Waals surface area contributed by atoms with E-state index >= 15 is 0 Å². The van der Waals surface area contributed by atoms with Gasteiger partial charge in [-0.2, -0.15) is 13.2 Å². The number of hydrogen-bond donors (Lipinski definition) is 1. The summed E-state index contributed by atoms with van der Waals surface area (Å²) in [6, 6.07) is 10.3. The lowest BCUT2D eigenvalue weighted by molar-refractivity contribution is -0.137. The molecule has 1 unspecified atom stereocenters. The first-order chi connectivity index (χ1) is 17.1. The van der Waals surface area contributed by atoms with Gasteiger partial charge in [0.15, 0.2) is 0 Å². The summed E-state index contributed by atoms with van der Waals surface area (Å²) in [5.41, 5.74) is -2.19. The second-order valence-corrected chi connectivity index (χ2v) is 11.3. The van der Waals surface area contributed by atoms with Gasteiger partial charge in [-0.05, 0) is 80.8 Å². The maximum atomic E-state index is 14.5. The van der Waals surface area contributed by atoms with Crippen molar-refractivity contribution >= 4 is 15.7 Å². The summed E-state index contributed by atoms with van der Waals surface area (Å²) in [4.78, 5) is -0.584. The molecule has 3 aromatic rings. The Bertz CT molecular complexity index is 1420. The molecule has 5 nitrogen and oxygen atoms in total. The predicted octanol–water partition coefficient (Wildman–Crippen LogP) is 6.16. The smallest absolute Gasteiger partial charge is 0.416 e. The SMILES string of the molecule is CC(C)(O)CCC1CN(S(=O)(=O)c2cccc(C(F)(F)F)c2)c2cc(-c3cc(F)ccc3F)ccc2O1. The number of fused-ring (bicyclic) bond motifs is 1. The Morgan fingerprint density at radius 1 is 1.03 bits per heavy atom. The maximum absolute atomic E-state index is 14.5. The van der Waals surface area contributed by atoms with Crippen molar-refractivity contribution < 1.29 is 40.2 Å². The topological polar surface area (TPSA) is 66.8 Å². The van der Waals surface area contributed by atoms with Crippen molar-refractivity contribution in [1.29, 1.82) is 0 Å². The molecule has 0 bridgehead atoms. The van der Waals surface area contributed by atoms with Crippen molar-refractivity contribution in [3.8, 4) is 16.9 Å². The first kappa shape index (κ1) is 26.9. The minimum Gasteiger partial charge on any atom is -0.486 e. The second-order valence-electron chi connectivity index (χ2n) is 9.46. The molecule has 0 spiro atoms. The summed E-state index contributed by atoms with van der Waals surface area (Å²) in [7, 11) is -4.54. The van der Waals surface area contributed by atoms with E-state index < -0.39 is 50.0 Å². The Balaban J connectivity index is 1.82. The molecule has 37 heavy (non-hydrogen) atoms. The molecule has 0 saturated heterocycles. The Kier molecular flexibility index (Phi) is 6.98. The fraction of sp³-hybridized carbons (Fsp3) is 0.308. The van der Waals surface area contributed by atoms with E-state index in [0.717, 1.165) is 40.7 Å². The minimum atomic E-state index is -4.76. The number of halogens is 5. The average Bonchev–Trinajstić information content (AvgIpc) is 2.82. The molecule has 3 aromatic carbocycles. The highest BCUT2D eigenvalue weighted by molar-refractivity contribution is 7.92. The van der Waals surface area contributed by atoms with E-state index in [2.05, 4.69) is 0 Å². The van der Waals surface area contributed by atoms with Crippen molar-refractivity contribution in [2.45, 2.75) is 49.5 Å². The first-order valence-corrected chi connectivity index (χ1v) is 12.8. The zero-order chi connectivity index (χ0) is 27.2. The summed E-state index contributed by atoms with van der Waals surface area (Å²) in [5, 5.41) is 10.1. The van der Waals surface area contributed by atoms with E-state index in [9.17, 15) is 35.5 Å². The van der Waals surface area contributed by atoms with Crippen LogP contribution in [0.2, 0.25) is 0 Å². The monoisotopic (exact) mass is 541 g/mol. The quantitative estimate of drug-likeness (QED) is 0.380. The number of nitrogens with zero attached hydrogens (tertiary/aromatic N) is 1. The second kappa shape index (κ2) is 9.60. The van der Waals surface area contributed by atoms with E-state index in [-0.39, 0.29) is 42.0 Å². The maximum Gasteiger partial charge on any atom is 0.416 e. The van der Waals surface area contributed by atoms with E-state index in [4.69, 9.17) is 4.74 Å². The number of sulfonamides is 1. The molecule has 4 rings (SSSR count). The van der Waals surface area contributed by atoms with Crippen LogP contribution < -0.4 is 9.04 Å². The highest BCUT2D eigenvalue weighted by Crippen LogP contribution is 2.42. The average molecular weight is 542 g/mol. The van der Waals surface area contributed by atoms with Gasteiger partial charge in [0.2, 0.25) is 0 Å². The third kappa shape index (κ3) is 5.88. The standard InChI is InChI=1S/C26H24F5NO4S/c1-25(2,33)11-10-19-15-32(37(34,35)20-5-3-4-17(13-20)26(29,30)31)23-12-16(6-9-24(23)36-19)21-14-18(27)7-8-22(21)28/h3-9,12-14,19,33H,10-11,15H2,1-2H3. The Morgan fingerprint density at radius 2 is 1.76 bits per heavy atom. The van der Waals surface area contributed by atoms with Crippen LogP contribution in [0.3, 0.4) is 0 Å². The van der Waals surface area contributed by atoms with Gasteiger partial charge < -0.3 is 9.84 Å². The zero-order valence-corrected chi connectivity index (χ0v) is 20.7. The summed E-state index contributed by atoms with van der Waals surface area (Å²) in [6.07, 6.45) is -4.98. The van der Waals surface area contributed by atoms with Crippen molar-refractivity contribution in [1.82, 2.24) is 0 Å². The number of hydrogen-bond acceptors (Lipinski definition) is 4. The Hall–Kier alpha value is -3.18. The molecular weight excluding hydrogens is 517 g/mol. The van der Waals surface area contributed by atoms with Crippen molar-refractivity contribution in [2.24, 2.45) is 0 Å². The summed E-state index contributed by atoms with van der Waals surface area (Å²) in [6.45, 7) is 2.90. The van der Waals surface area contributed by atoms with Crippen LogP contribution in [0.15, 0.2) is 65.6 Å². The minimum absolute atomic E-state index is 0.0296. The molecule has 1 atom stereocenters. The Labute approximate surface area is 211 Å². The zero-order valence-electron chi connectivity index (χ0n) is 19.9. The highest BCUT2D eigenvalue weighted by Gasteiger charge is 2.37. The Morgan fingerprint density at radius 3 is 2.43 bits per heavy atom. The number of benzene rings is 3. The summed E-state index contributed by atoms with van der Waals surface area (Å²) in [5.74, 6) is -1.35. The summed E-state index contributed by atoms with van der Waals surface area (Å²) >= 11 is 0. The normalized spacial score (nSPS) is 16.3. The number of anilines is 1. The third-order valence-electron chi connectivity index (χ3n) is 5.96. The van der Waals surface area contributed by atoms with E-state index in [1.165, 1.54) is 18.2 Å². The largest absolute Gasteiger partial charge is 0.486 e. The lowest BCUT2D eigenvalue weighted by Crippen LogP contribution is -2.44.